The Morgan fingerprint density at radius 2 is 1.81 bits per heavy atom. The first kappa shape index (κ1) is 25.3. The molecule has 192 valence electrons. The Hall–Kier alpha value is -3.34. The molecular formula is C33H38N2O2. The summed E-state index contributed by atoms with van der Waals surface area (Å²) in [7, 11) is 4.07. The third kappa shape index (κ3) is 3.82. The number of ether oxygens (including phenoxy) is 1. The average molecular weight is 495 g/mol. The molecule has 0 spiro atoms. The van der Waals surface area contributed by atoms with Gasteiger partial charge in [-0.3, -0.25) is 4.90 Å². The lowest BCUT2D eigenvalue weighted by atomic mass is 9.55. The van der Waals surface area contributed by atoms with Crippen LogP contribution in [0.2, 0.25) is 0 Å². The minimum Gasteiger partial charge on any atom is -0.491 e. The minimum atomic E-state index is -1.28. The van der Waals surface area contributed by atoms with Gasteiger partial charge in [0.25, 0.3) is 0 Å². The number of fused-ring (bicyclic) bond motifs is 3. The maximum Gasteiger partial charge on any atom is 0.124 e. The zero-order valence-electron chi connectivity index (χ0n) is 22.5. The van der Waals surface area contributed by atoms with Crippen LogP contribution in [0.15, 0.2) is 102 Å². The fourth-order valence-electron chi connectivity index (χ4n) is 7.09. The second-order valence-electron chi connectivity index (χ2n) is 11.1. The summed E-state index contributed by atoms with van der Waals surface area (Å²) in [6, 6.07) is 16.4. The van der Waals surface area contributed by atoms with Crippen LogP contribution in [0, 0.1) is 18.8 Å². The van der Waals surface area contributed by atoms with E-state index in [2.05, 4.69) is 49.8 Å². The molecule has 3 aliphatic carbocycles. The monoisotopic (exact) mass is 494 g/mol. The number of aliphatic hydroxyl groups is 1. The number of allylic oxidation sites excluding steroid dienone is 3. The molecule has 0 saturated carbocycles. The van der Waals surface area contributed by atoms with Crippen LogP contribution in [0.3, 0.4) is 0 Å². The molecule has 37 heavy (non-hydrogen) atoms. The molecule has 0 unspecified atom stereocenters. The van der Waals surface area contributed by atoms with Crippen molar-refractivity contribution >= 4 is 5.57 Å². The van der Waals surface area contributed by atoms with E-state index in [0.29, 0.717) is 23.5 Å². The van der Waals surface area contributed by atoms with E-state index in [1.54, 1.807) is 0 Å². The number of hydrogen-bond acceptors (Lipinski definition) is 4. The largest absolute Gasteiger partial charge is 0.491 e. The zero-order valence-corrected chi connectivity index (χ0v) is 22.5. The summed E-state index contributed by atoms with van der Waals surface area (Å²) in [6.07, 6.45) is 1.72. The second-order valence-corrected chi connectivity index (χ2v) is 11.1. The predicted molar refractivity (Wildman–Crippen MR) is 151 cm³/mol. The summed E-state index contributed by atoms with van der Waals surface area (Å²) in [5.74, 6) is 0.847. The van der Waals surface area contributed by atoms with Gasteiger partial charge in [0.15, 0.2) is 0 Å². The molecule has 2 aromatic carbocycles. The van der Waals surface area contributed by atoms with Crippen LogP contribution in [0.4, 0.5) is 0 Å². The molecular weight excluding hydrogens is 456 g/mol. The molecule has 0 aromatic heterocycles. The molecule has 3 aliphatic rings. The van der Waals surface area contributed by atoms with Gasteiger partial charge in [-0.1, -0.05) is 68.3 Å². The van der Waals surface area contributed by atoms with Gasteiger partial charge < -0.3 is 15.6 Å². The molecule has 4 heteroatoms. The van der Waals surface area contributed by atoms with Gasteiger partial charge in [0.05, 0.1) is 6.04 Å². The number of rotatable bonds is 5. The first-order valence-corrected chi connectivity index (χ1v) is 13.0. The number of benzene rings is 2. The maximum absolute atomic E-state index is 12.6. The van der Waals surface area contributed by atoms with Gasteiger partial charge in [0.1, 0.15) is 18.0 Å². The first-order valence-electron chi connectivity index (χ1n) is 13.0. The Morgan fingerprint density at radius 1 is 1.11 bits per heavy atom. The van der Waals surface area contributed by atoms with Crippen molar-refractivity contribution < 1.29 is 9.84 Å². The van der Waals surface area contributed by atoms with E-state index in [9.17, 15) is 5.11 Å². The molecule has 0 fully saturated rings. The van der Waals surface area contributed by atoms with Crippen molar-refractivity contribution in [2.24, 2.45) is 17.6 Å². The number of hydrogen-bond donors (Lipinski definition) is 2. The summed E-state index contributed by atoms with van der Waals surface area (Å²) >= 11 is 0. The van der Waals surface area contributed by atoms with Gasteiger partial charge in [-0.15, -0.1) is 0 Å². The Balaban J connectivity index is 1.66. The second kappa shape index (κ2) is 9.20. The number of nitrogens with zero attached hydrogens (tertiary/aromatic N) is 1. The topological polar surface area (TPSA) is 58.7 Å². The van der Waals surface area contributed by atoms with E-state index in [4.69, 9.17) is 10.5 Å². The van der Waals surface area contributed by atoms with Gasteiger partial charge in [-0.25, -0.2) is 0 Å². The SMILES string of the molecule is C=C(N)C1=C(OCc2ccccc2)[C@@H](N(C)C)[C@@H]2C[C@@H]3Cc4cccc(C)c4C(=C)C3=C(C)[C@]2(O)C1=C. The molecule has 0 aliphatic heterocycles. The van der Waals surface area contributed by atoms with Crippen LogP contribution in [0.25, 0.3) is 5.57 Å². The smallest absolute Gasteiger partial charge is 0.124 e. The van der Waals surface area contributed by atoms with Crippen LogP contribution in [-0.2, 0) is 17.8 Å². The molecule has 0 radical (unpaired) electrons. The van der Waals surface area contributed by atoms with Crippen LogP contribution in [0.5, 0.6) is 0 Å². The van der Waals surface area contributed by atoms with Crippen molar-refractivity contribution in [3.63, 3.8) is 0 Å². The van der Waals surface area contributed by atoms with Gasteiger partial charge in [0, 0.05) is 17.2 Å². The lowest BCUT2D eigenvalue weighted by molar-refractivity contribution is -0.0269. The molecule has 5 rings (SSSR count). The van der Waals surface area contributed by atoms with E-state index in [0.717, 1.165) is 40.9 Å². The Labute approximate surface area is 221 Å². The lowest BCUT2D eigenvalue weighted by Crippen LogP contribution is -2.59. The number of nitrogens with two attached hydrogens (primary N) is 1. The quantitative estimate of drug-likeness (QED) is 0.561. The minimum absolute atomic E-state index is 0.156. The zero-order chi connectivity index (χ0) is 26.6. The lowest BCUT2D eigenvalue weighted by Gasteiger charge is -2.55. The summed E-state index contributed by atoms with van der Waals surface area (Å²) in [5.41, 5.74) is 14.6. The highest BCUT2D eigenvalue weighted by Crippen LogP contribution is 2.58. The van der Waals surface area contributed by atoms with Gasteiger partial charge >= 0.3 is 0 Å². The summed E-state index contributed by atoms with van der Waals surface area (Å²) in [6.45, 7) is 17.6. The van der Waals surface area contributed by atoms with E-state index in [1.807, 2.05) is 51.4 Å². The van der Waals surface area contributed by atoms with E-state index in [1.165, 1.54) is 16.7 Å². The summed E-state index contributed by atoms with van der Waals surface area (Å²) in [4.78, 5) is 2.14. The van der Waals surface area contributed by atoms with Gasteiger partial charge in [-0.05, 0) is 91.2 Å². The van der Waals surface area contributed by atoms with E-state index in [-0.39, 0.29) is 17.9 Å². The maximum atomic E-state index is 12.6. The molecule has 3 N–H and O–H groups in total. The molecule has 0 bridgehead atoms. The fraction of sp³-hybridized carbons (Fsp3) is 0.333. The van der Waals surface area contributed by atoms with Crippen molar-refractivity contribution in [3.05, 3.63) is 124 Å². The van der Waals surface area contributed by atoms with Crippen molar-refractivity contribution in [2.45, 2.75) is 44.9 Å². The van der Waals surface area contributed by atoms with Crippen molar-refractivity contribution in [1.29, 1.82) is 0 Å². The van der Waals surface area contributed by atoms with Crippen LogP contribution in [-0.4, -0.2) is 35.7 Å². The molecule has 4 nitrogen and oxygen atoms in total. The highest BCUT2D eigenvalue weighted by Gasteiger charge is 2.57. The highest BCUT2D eigenvalue weighted by molar-refractivity contribution is 5.85. The Bertz CT molecular complexity index is 1360. The van der Waals surface area contributed by atoms with Gasteiger partial charge in [0.2, 0.25) is 0 Å². The Kier molecular flexibility index (Phi) is 6.29. The van der Waals surface area contributed by atoms with Crippen LogP contribution >= 0.6 is 0 Å². The van der Waals surface area contributed by atoms with Crippen molar-refractivity contribution in [2.75, 3.05) is 14.1 Å². The number of aryl methyl sites for hydroxylation is 1. The molecule has 0 heterocycles. The standard InChI is InChI=1S/C33H38N2O2/c1-19-12-11-15-25-16-26-17-27-31(35(6)7)32(37-18-24-13-9-8-10-14-24)30(23(5)34)22(4)33(27,36)21(3)29(26)20(2)28(19)25/h8-15,26-27,31,36H,2,4-5,16-18,34H2,1,3,6-7H3/t26-,27-,31-,33-/m0/s1. The normalized spacial score (nSPS) is 27.1. The predicted octanol–water partition coefficient (Wildman–Crippen LogP) is 5.69. The van der Waals surface area contributed by atoms with Gasteiger partial charge in [-0.2, -0.15) is 0 Å². The van der Waals surface area contributed by atoms with Crippen LogP contribution in [0.1, 0.15) is 35.6 Å². The molecule has 0 saturated heterocycles. The average Bonchev–Trinajstić information content (AvgIpc) is 2.85. The third-order valence-electron chi connectivity index (χ3n) is 8.68. The van der Waals surface area contributed by atoms with Crippen molar-refractivity contribution in [1.82, 2.24) is 4.90 Å². The third-order valence-corrected chi connectivity index (χ3v) is 8.68. The Morgan fingerprint density at radius 3 is 2.46 bits per heavy atom. The van der Waals surface area contributed by atoms with Crippen LogP contribution < -0.4 is 5.73 Å². The van der Waals surface area contributed by atoms with E-state index < -0.39 is 5.60 Å². The highest BCUT2D eigenvalue weighted by atomic mass is 16.5. The summed E-state index contributed by atoms with van der Waals surface area (Å²) in [5, 5.41) is 12.6. The molecule has 0 amide bonds. The molecule has 4 atom stereocenters. The first-order chi connectivity index (χ1) is 17.6. The number of likely N-dealkylation sites (N-methyl/N-ethyl adjacent to an activating group) is 1. The fourth-order valence-corrected chi connectivity index (χ4v) is 7.09. The molecule has 2 aromatic rings. The summed E-state index contributed by atoms with van der Waals surface area (Å²) < 4.78 is 6.54. The van der Waals surface area contributed by atoms with Crippen molar-refractivity contribution in [3.8, 4) is 0 Å². The van der Waals surface area contributed by atoms with E-state index >= 15 is 0 Å².